The summed E-state index contributed by atoms with van der Waals surface area (Å²) in [7, 11) is 0. The van der Waals surface area contributed by atoms with Gasteiger partial charge in [0.15, 0.2) is 0 Å². The van der Waals surface area contributed by atoms with Crippen molar-refractivity contribution in [3.63, 3.8) is 0 Å². The van der Waals surface area contributed by atoms with Crippen molar-refractivity contribution in [3.05, 3.63) is 52.6 Å². The number of halogens is 2. The quantitative estimate of drug-likeness (QED) is 0.910. The van der Waals surface area contributed by atoms with Crippen LogP contribution in [0.25, 0.3) is 0 Å². The number of hydrogen-bond donors (Lipinski definition) is 2. The second-order valence-electron chi connectivity index (χ2n) is 4.25. The summed E-state index contributed by atoms with van der Waals surface area (Å²) in [5, 5.41) is 11.7. The van der Waals surface area contributed by atoms with E-state index in [4.69, 9.17) is 16.7 Å². The van der Waals surface area contributed by atoms with Gasteiger partial charge in [0.05, 0.1) is 16.3 Å². The molecule has 0 bridgehead atoms. The Labute approximate surface area is 125 Å². The van der Waals surface area contributed by atoms with Crippen LogP contribution in [0.5, 0.6) is 0 Å². The summed E-state index contributed by atoms with van der Waals surface area (Å²) in [6.45, 7) is 2.32. The number of benzene rings is 1. The summed E-state index contributed by atoms with van der Waals surface area (Å²) < 4.78 is 15.3. The van der Waals surface area contributed by atoms with Crippen LogP contribution >= 0.6 is 11.6 Å². The summed E-state index contributed by atoms with van der Waals surface area (Å²) in [4.78, 5) is 23.3. The predicted octanol–water partition coefficient (Wildman–Crippen LogP) is 3.25. The van der Waals surface area contributed by atoms with E-state index in [1.54, 1.807) is 10.8 Å². The molecule has 0 unspecified atom stereocenters. The number of anilines is 1. The highest BCUT2D eigenvalue weighted by atomic mass is 35.5. The molecule has 0 radical (unpaired) electrons. The monoisotopic (exact) mass is 310 g/mol. The van der Waals surface area contributed by atoms with E-state index in [1.807, 2.05) is 6.92 Å². The van der Waals surface area contributed by atoms with E-state index in [9.17, 15) is 14.0 Å². The van der Waals surface area contributed by atoms with E-state index < -0.39 is 17.7 Å². The standard InChI is InChI=1S/C14H12ClFN2O3/c1-2-18-7-8(15)6-11(18)13(19)17-12-9(14(20)21)4-3-5-10(12)16/h3-7H,2H2,1H3,(H,17,19)(H,20,21). The fourth-order valence-corrected chi connectivity index (χ4v) is 2.15. The third-order valence-electron chi connectivity index (χ3n) is 2.92. The van der Waals surface area contributed by atoms with Crippen molar-refractivity contribution < 1.29 is 19.1 Å². The number of carboxylic acids is 1. The first-order valence-corrected chi connectivity index (χ1v) is 6.50. The van der Waals surface area contributed by atoms with Gasteiger partial charge >= 0.3 is 5.97 Å². The van der Waals surface area contributed by atoms with Gasteiger partial charge in [-0.05, 0) is 25.1 Å². The Balaban J connectivity index is 2.38. The summed E-state index contributed by atoms with van der Waals surface area (Å²) in [5.74, 6) is -2.77. The molecule has 2 rings (SSSR count). The largest absolute Gasteiger partial charge is 0.478 e. The molecule has 0 aliphatic carbocycles. The number of aromatic nitrogens is 1. The number of rotatable bonds is 4. The molecule has 1 aromatic heterocycles. The first-order valence-electron chi connectivity index (χ1n) is 6.13. The summed E-state index contributed by atoms with van der Waals surface area (Å²) in [5.41, 5.74) is -0.457. The van der Waals surface area contributed by atoms with Gasteiger partial charge in [0, 0.05) is 12.7 Å². The highest BCUT2D eigenvalue weighted by molar-refractivity contribution is 6.31. The lowest BCUT2D eigenvalue weighted by atomic mass is 10.1. The summed E-state index contributed by atoms with van der Waals surface area (Å²) in [6, 6.07) is 4.99. The van der Waals surface area contributed by atoms with Gasteiger partial charge in [-0.15, -0.1) is 0 Å². The van der Waals surface area contributed by atoms with Crippen LogP contribution in [0.4, 0.5) is 10.1 Å². The van der Waals surface area contributed by atoms with Crippen LogP contribution in [0.2, 0.25) is 5.02 Å². The van der Waals surface area contributed by atoms with Gasteiger partial charge in [0.1, 0.15) is 11.5 Å². The van der Waals surface area contributed by atoms with E-state index >= 15 is 0 Å². The third-order valence-corrected chi connectivity index (χ3v) is 3.13. The minimum Gasteiger partial charge on any atom is -0.478 e. The topological polar surface area (TPSA) is 71.3 Å². The molecule has 21 heavy (non-hydrogen) atoms. The van der Waals surface area contributed by atoms with Crippen LogP contribution in [-0.4, -0.2) is 21.6 Å². The zero-order valence-corrected chi connectivity index (χ0v) is 11.8. The van der Waals surface area contributed by atoms with Crippen LogP contribution in [0, 0.1) is 5.82 Å². The van der Waals surface area contributed by atoms with Gasteiger partial charge in [-0.3, -0.25) is 4.79 Å². The van der Waals surface area contributed by atoms with Crippen LogP contribution < -0.4 is 5.32 Å². The minimum absolute atomic E-state index is 0.224. The Morgan fingerprint density at radius 2 is 2.14 bits per heavy atom. The fourth-order valence-electron chi connectivity index (χ4n) is 1.93. The molecule has 5 nitrogen and oxygen atoms in total. The molecule has 0 saturated heterocycles. The number of nitrogens with zero attached hydrogens (tertiary/aromatic N) is 1. The lowest BCUT2D eigenvalue weighted by molar-refractivity contribution is 0.0697. The highest BCUT2D eigenvalue weighted by Crippen LogP contribution is 2.22. The van der Waals surface area contributed by atoms with Gasteiger partial charge in [0.25, 0.3) is 5.91 Å². The molecule has 0 spiro atoms. The molecule has 0 fully saturated rings. The average Bonchev–Trinajstić information content (AvgIpc) is 2.82. The Bertz CT molecular complexity index is 712. The molecule has 1 aromatic carbocycles. The number of aryl methyl sites for hydroxylation is 1. The van der Waals surface area contributed by atoms with Gasteiger partial charge in [-0.25, -0.2) is 9.18 Å². The van der Waals surface area contributed by atoms with Crippen LogP contribution in [0.15, 0.2) is 30.5 Å². The van der Waals surface area contributed by atoms with Crippen molar-refractivity contribution in [2.45, 2.75) is 13.5 Å². The van der Waals surface area contributed by atoms with Gasteiger partial charge < -0.3 is 15.0 Å². The predicted molar refractivity (Wildman–Crippen MR) is 76.4 cm³/mol. The maximum absolute atomic E-state index is 13.8. The van der Waals surface area contributed by atoms with Crippen molar-refractivity contribution >= 4 is 29.2 Å². The second kappa shape index (κ2) is 5.97. The number of amides is 1. The lowest BCUT2D eigenvalue weighted by Crippen LogP contribution is -2.19. The number of carbonyl (C=O) groups is 2. The van der Waals surface area contributed by atoms with Crippen LogP contribution in [0.1, 0.15) is 27.8 Å². The minimum atomic E-state index is -1.33. The Morgan fingerprint density at radius 3 is 2.76 bits per heavy atom. The number of hydrogen-bond acceptors (Lipinski definition) is 2. The average molecular weight is 311 g/mol. The molecule has 0 atom stereocenters. The van der Waals surface area contributed by atoms with Gasteiger partial charge in [0.2, 0.25) is 0 Å². The van der Waals surface area contributed by atoms with Crippen LogP contribution in [-0.2, 0) is 6.54 Å². The van der Waals surface area contributed by atoms with Crippen molar-refractivity contribution in [1.29, 1.82) is 0 Å². The highest BCUT2D eigenvalue weighted by Gasteiger charge is 2.19. The molecule has 1 heterocycles. The van der Waals surface area contributed by atoms with E-state index in [1.165, 1.54) is 18.2 Å². The Hall–Kier alpha value is -2.34. The molecule has 0 aliphatic heterocycles. The first kappa shape index (κ1) is 15.1. The number of para-hydroxylation sites is 1. The van der Waals surface area contributed by atoms with E-state index in [2.05, 4.69) is 5.32 Å². The smallest absolute Gasteiger partial charge is 0.337 e. The first-order chi connectivity index (χ1) is 9.93. The van der Waals surface area contributed by atoms with Gasteiger partial charge in [-0.1, -0.05) is 17.7 Å². The van der Waals surface area contributed by atoms with Crippen molar-refractivity contribution in [3.8, 4) is 0 Å². The molecular formula is C14H12ClFN2O3. The van der Waals surface area contributed by atoms with Crippen molar-refractivity contribution in [2.75, 3.05) is 5.32 Å². The van der Waals surface area contributed by atoms with Gasteiger partial charge in [-0.2, -0.15) is 0 Å². The maximum atomic E-state index is 13.8. The molecule has 110 valence electrons. The Morgan fingerprint density at radius 1 is 1.43 bits per heavy atom. The maximum Gasteiger partial charge on any atom is 0.337 e. The van der Waals surface area contributed by atoms with E-state index in [0.717, 1.165) is 6.07 Å². The van der Waals surface area contributed by atoms with Crippen molar-refractivity contribution in [1.82, 2.24) is 4.57 Å². The second-order valence-corrected chi connectivity index (χ2v) is 4.69. The molecule has 2 aromatic rings. The summed E-state index contributed by atoms with van der Waals surface area (Å²) >= 11 is 5.84. The number of carboxylic acid groups (broad SMARTS) is 1. The Kier molecular flexibility index (Phi) is 4.28. The van der Waals surface area contributed by atoms with Crippen molar-refractivity contribution in [2.24, 2.45) is 0 Å². The summed E-state index contributed by atoms with van der Waals surface area (Å²) in [6.07, 6.45) is 1.57. The van der Waals surface area contributed by atoms with E-state index in [0.29, 0.717) is 11.6 Å². The third kappa shape index (κ3) is 3.05. The number of nitrogens with one attached hydrogen (secondary N) is 1. The molecular weight excluding hydrogens is 299 g/mol. The van der Waals surface area contributed by atoms with E-state index in [-0.39, 0.29) is 16.9 Å². The normalized spacial score (nSPS) is 10.4. The number of aromatic carboxylic acids is 1. The molecule has 0 aliphatic rings. The zero-order valence-electron chi connectivity index (χ0n) is 11.1. The molecule has 1 amide bonds. The zero-order chi connectivity index (χ0) is 15.6. The lowest BCUT2D eigenvalue weighted by Gasteiger charge is -2.10. The number of carbonyl (C=O) groups excluding carboxylic acids is 1. The molecule has 7 heteroatoms. The van der Waals surface area contributed by atoms with Crippen LogP contribution in [0.3, 0.4) is 0 Å². The molecule has 2 N–H and O–H groups in total. The SMILES string of the molecule is CCn1cc(Cl)cc1C(=O)Nc1c(F)cccc1C(=O)O. The fraction of sp³-hybridized carbons (Fsp3) is 0.143. The molecule has 0 saturated carbocycles.